The quantitative estimate of drug-likeness (QED) is 0.342. The van der Waals surface area contributed by atoms with Gasteiger partial charge in [-0.1, -0.05) is 48.5 Å². The maximum atomic E-state index is 12.6. The Labute approximate surface area is 161 Å². The predicted molar refractivity (Wildman–Crippen MR) is 104 cm³/mol. The summed E-state index contributed by atoms with van der Waals surface area (Å²) in [5, 5.41) is 2.85. The van der Waals surface area contributed by atoms with Crippen LogP contribution in [-0.4, -0.2) is 5.91 Å². The molecule has 3 rings (SSSR count). The van der Waals surface area contributed by atoms with Crippen molar-refractivity contribution in [2.45, 2.75) is 11.5 Å². The number of hydrogen-bond donors (Lipinski definition) is 2. The summed E-state index contributed by atoms with van der Waals surface area (Å²) in [7, 11) is 0. The fourth-order valence-corrected chi connectivity index (χ4v) is 2.82. The zero-order valence-electron chi connectivity index (χ0n) is 14.3. The smallest absolute Gasteiger partial charge is 0.255 e. The topological polar surface area (TPSA) is 82.8 Å². The van der Waals surface area contributed by atoms with Gasteiger partial charge in [-0.25, -0.2) is 0 Å². The molecule has 0 aliphatic rings. The Balaban J connectivity index is 1.67. The van der Waals surface area contributed by atoms with Crippen molar-refractivity contribution in [2.24, 2.45) is 5.90 Å². The van der Waals surface area contributed by atoms with E-state index in [1.165, 1.54) is 0 Å². The van der Waals surface area contributed by atoms with Gasteiger partial charge in [-0.2, -0.15) is 5.90 Å². The first-order valence-corrected chi connectivity index (χ1v) is 8.87. The molecule has 0 atom stereocenters. The molecule has 6 nitrogen and oxygen atoms in total. The molecule has 0 spiro atoms. The third kappa shape index (κ3) is 5.57. The Morgan fingerprint density at radius 2 is 1.74 bits per heavy atom. The monoisotopic (exact) mass is 382 g/mol. The highest BCUT2D eigenvalue weighted by Crippen LogP contribution is 2.28. The zero-order chi connectivity index (χ0) is 18.9. The lowest BCUT2D eigenvalue weighted by Crippen LogP contribution is -2.12. The number of benzene rings is 3. The lowest BCUT2D eigenvalue weighted by Gasteiger charge is -2.11. The van der Waals surface area contributed by atoms with Crippen LogP contribution >= 0.6 is 12.0 Å². The molecule has 0 bridgehead atoms. The number of carbonyl (C=O) groups excluding carboxylic acids is 1. The minimum Gasteiger partial charge on any atom is -0.489 e. The molecule has 3 aromatic carbocycles. The van der Waals surface area contributed by atoms with E-state index in [9.17, 15) is 4.79 Å². The van der Waals surface area contributed by atoms with Crippen molar-refractivity contribution in [3.8, 4) is 5.75 Å². The zero-order valence-corrected chi connectivity index (χ0v) is 15.1. The second-order valence-electron chi connectivity index (χ2n) is 5.50. The Hall–Kier alpha value is -2.84. The van der Waals surface area contributed by atoms with Gasteiger partial charge in [0.05, 0.1) is 22.6 Å². The molecule has 138 valence electrons. The Bertz CT molecular complexity index is 890. The third-order valence-electron chi connectivity index (χ3n) is 3.64. The van der Waals surface area contributed by atoms with Crippen LogP contribution in [0.4, 0.5) is 5.69 Å². The van der Waals surface area contributed by atoms with Gasteiger partial charge in [0.1, 0.15) is 12.4 Å². The van der Waals surface area contributed by atoms with Crippen LogP contribution in [0.5, 0.6) is 5.75 Å². The molecule has 0 aromatic heterocycles. The lowest BCUT2D eigenvalue weighted by atomic mass is 10.2. The van der Waals surface area contributed by atoms with Crippen molar-refractivity contribution in [1.82, 2.24) is 0 Å². The molecule has 0 radical (unpaired) electrons. The maximum absolute atomic E-state index is 12.6. The highest BCUT2D eigenvalue weighted by atomic mass is 32.2. The van der Waals surface area contributed by atoms with E-state index in [1.807, 2.05) is 48.5 Å². The molecular formula is C20H18N2O4S. The van der Waals surface area contributed by atoms with Crippen LogP contribution in [0.15, 0.2) is 83.8 Å². The number of ether oxygens (including phenoxy) is 1. The number of amides is 1. The van der Waals surface area contributed by atoms with Gasteiger partial charge in [0.15, 0.2) is 0 Å². The number of carbonyl (C=O) groups is 1. The van der Waals surface area contributed by atoms with Crippen LogP contribution in [-0.2, 0) is 15.9 Å². The molecule has 0 fully saturated rings. The van der Waals surface area contributed by atoms with E-state index < -0.39 is 0 Å². The molecule has 0 aliphatic heterocycles. The van der Waals surface area contributed by atoms with Crippen LogP contribution in [0.2, 0.25) is 0 Å². The average molecular weight is 382 g/mol. The van der Waals surface area contributed by atoms with Gasteiger partial charge < -0.3 is 10.1 Å². The summed E-state index contributed by atoms with van der Waals surface area (Å²) in [6, 6.07) is 24.0. The predicted octanol–water partition coefficient (Wildman–Crippen LogP) is 4.35. The second-order valence-corrected chi connectivity index (χ2v) is 6.24. The number of nitrogens with two attached hydrogens (primary N) is 1. The maximum Gasteiger partial charge on any atom is 0.255 e. The summed E-state index contributed by atoms with van der Waals surface area (Å²) < 4.78 is 10.4. The van der Waals surface area contributed by atoms with Gasteiger partial charge in [0.2, 0.25) is 0 Å². The minimum absolute atomic E-state index is 0.262. The number of nitrogens with one attached hydrogen (secondary N) is 1. The molecule has 27 heavy (non-hydrogen) atoms. The lowest BCUT2D eigenvalue weighted by molar-refractivity contribution is -0.195. The standard InChI is InChI=1S/C20H18N2O4S/c21-25-26-27-19-12-5-4-11-18(19)22-20(23)16-9-6-10-17(13-16)24-14-15-7-2-1-3-8-15/h1-13H,14,21H2,(H,22,23). The normalized spacial score (nSPS) is 10.4. The average Bonchev–Trinajstić information content (AvgIpc) is 2.72. The van der Waals surface area contributed by atoms with Gasteiger partial charge in [0.25, 0.3) is 5.91 Å². The molecule has 0 saturated heterocycles. The van der Waals surface area contributed by atoms with Crippen molar-refractivity contribution in [2.75, 3.05) is 5.32 Å². The number of para-hydroxylation sites is 1. The minimum atomic E-state index is -0.262. The van der Waals surface area contributed by atoms with E-state index in [-0.39, 0.29) is 5.91 Å². The van der Waals surface area contributed by atoms with Crippen molar-refractivity contribution in [3.05, 3.63) is 90.0 Å². The summed E-state index contributed by atoms with van der Waals surface area (Å²) in [6.45, 7) is 0.432. The summed E-state index contributed by atoms with van der Waals surface area (Å²) in [5.74, 6) is 5.22. The first-order chi connectivity index (χ1) is 13.3. The van der Waals surface area contributed by atoms with Gasteiger partial charge >= 0.3 is 0 Å². The molecule has 0 heterocycles. The summed E-state index contributed by atoms with van der Waals surface area (Å²) >= 11 is 0.906. The highest BCUT2D eigenvalue weighted by Gasteiger charge is 2.11. The summed E-state index contributed by atoms with van der Waals surface area (Å²) in [4.78, 5) is 17.4. The van der Waals surface area contributed by atoms with E-state index >= 15 is 0 Å². The number of anilines is 1. The molecule has 3 N–H and O–H groups in total. The molecule has 0 saturated carbocycles. The van der Waals surface area contributed by atoms with E-state index in [1.54, 1.807) is 30.3 Å². The first-order valence-electron chi connectivity index (χ1n) is 8.13. The second kappa shape index (κ2) is 9.75. The van der Waals surface area contributed by atoms with E-state index in [4.69, 9.17) is 10.6 Å². The van der Waals surface area contributed by atoms with Gasteiger partial charge in [-0.15, -0.1) is 9.32 Å². The SMILES string of the molecule is NOOSc1ccccc1NC(=O)c1cccc(OCc2ccccc2)c1. The number of rotatable bonds is 8. The van der Waals surface area contributed by atoms with E-state index in [0.717, 1.165) is 17.6 Å². The van der Waals surface area contributed by atoms with Gasteiger partial charge in [0, 0.05) is 5.56 Å². The Morgan fingerprint density at radius 1 is 0.963 bits per heavy atom. The highest BCUT2D eigenvalue weighted by molar-refractivity contribution is 7.94. The van der Waals surface area contributed by atoms with E-state index in [0.29, 0.717) is 28.5 Å². The Kier molecular flexibility index (Phi) is 6.84. The van der Waals surface area contributed by atoms with Crippen LogP contribution < -0.4 is 16.0 Å². The van der Waals surface area contributed by atoms with Crippen LogP contribution in [0.1, 0.15) is 15.9 Å². The van der Waals surface area contributed by atoms with E-state index in [2.05, 4.69) is 14.6 Å². The summed E-state index contributed by atoms with van der Waals surface area (Å²) in [5.41, 5.74) is 2.12. The van der Waals surface area contributed by atoms with Crippen molar-refractivity contribution < 1.29 is 18.9 Å². The van der Waals surface area contributed by atoms with Gasteiger partial charge in [-0.3, -0.25) is 4.79 Å². The molecular weight excluding hydrogens is 364 g/mol. The molecule has 0 aliphatic carbocycles. The summed E-state index contributed by atoms with van der Waals surface area (Å²) in [6.07, 6.45) is 0. The van der Waals surface area contributed by atoms with Crippen molar-refractivity contribution in [1.29, 1.82) is 0 Å². The van der Waals surface area contributed by atoms with Crippen molar-refractivity contribution in [3.63, 3.8) is 0 Å². The number of hydrogen-bond acceptors (Lipinski definition) is 6. The third-order valence-corrected chi connectivity index (χ3v) is 4.33. The molecule has 0 unspecified atom stereocenters. The Morgan fingerprint density at radius 3 is 2.56 bits per heavy atom. The van der Waals surface area contributed by atoms with Crippen LogP contribution in [0.25, 0.3) is 0 Å². The fraction of sp³-hybridized carbons (Fsp3) is 0.0500. The largest absolute Gasteiger partial charge is 0.489 e. The molecule has 1 amide bonds. The van der Waals surface area contributed by atoms with Crippen molar-refractivity contribution >= 4 is 23.6 Å². The molecule has 7 heteroatoms. The van der Waals surface area contributed by atoms with Gasteiger partial charge in [-0.05, 0) is 35.9 Å². The first kappa shape index (κ1) is 18.9. The van der Waals surface area contributed by atoms with Crippen LogP contribution in [0.3, 0.4) is 0 Å². The van der Waals surface area contributed by atoms with Crippen LogP contribution in [0, 0.1) is 0 Å². The fourth-order valence-electron chi connectivity index (χ4n) is 2.36. The molecule has 3 aromatic rings.